The number of hydrogen-bond donors (Lipinski definition) is 0. The van der Waals surface area contributed by atoms with E-state index in [0.29, 0.717) is 13.0 Å². The zero-order valence-corrected chi connectivity index (χ0v) is 17.7. The van der Waals surface area contributed by atoms with Crippen LogP contribution in [0.5, 0.6) is 0 Å². The van der Waals surface area contributed by atoms with E-state index in [1.807, 2.05) is 32.4 Å². The maximum atomic E-state index is 12.7. The van der Waals surface area contributed by atoms with Crippen LogP contribution in [0.25, 0.3) is 11.4 Å². The van der Waals surface area contributed by atoms with Gasteiger partial charge in [0.05, 0.1) is 22.0 Å². The van der Waals surface area contributed by atoms with Crippen molar-refractivity contribution in [2.24, 2.45) is 0 Å². The highest BCUT2D eigenvalue weighted by Crippen LogP contribution is 2.38. The minimum atomic E-state index is -0.514. The minimum absolute atomic E-state index is 0.0209. The fourth-order valence-electron chi connectivity index (χ4n) is 3.62. The van der Waals surface area contributed by atoms with Crippen molar-refractivity contribution >= 4 is 28.7 Å². The summed E-state index contributed by atoms with van der Waals surface area (Å²) < 4.78 is 13.1. The van der Waals surface area contributed by atoms with E-state index in [0.717, 1.165) is 53.4 Å². The smallest absolute Gasteiger partial charge is 0.411 e. The van der Waals surface area contributed by atoms with Crippen LogP contribution >= 0.6 is 22.6 Å². The van der Waals surface area contributed by atoms with Crippen LogP contribution in [0, 0.1) is 6.92 Å². The van der Waals surface area contributed by atoms with Crippen molar-refractivity contribution in [1.29, 1.82) is 0 Å². The van der Waals surface area contributed by atoms with Gasteiger partial charge in [-0.2, -0.15) is 5.10 Å². The SMILES string of the molecule is Cc1onc2c1CCCn1nc3c(c1-2)CN(C(=O)OC(C)(C)C)[C@H](I)C3. The Labute approximate surface area is 166 Å². The molecule has 7 nitrogen and oxygen atoms in total. The second-order valence-corrected chi connectivity index (χ2v) is 9.35. The van der Waals surface area contributed by atoms with Gasteiger partial charge in [0.2, 0.25) is 0 Å². The molecule has 0 aliphatic carbocycles. The highest BCUT2D eigenvalue weighted by Gasteiger charge is 2.37. The van der Waals surface area contributed by atoms with Gasteiger partial charge in [0.1, 0.15) is 17.1 Å². The van der Waals surface area contributed by atoms with Crippen LogP contribution in [0.4, 0.5) is 4.79 Å². The normalized spacial score (nSPS) is 19.4. The summed E-state index contributed by atoms with van der Waals surface area (Å²) in [5, 5.41) is 9.14. The minimum Gasteiger partial charge on any atom is -0.444 e. The van der Waals surface area contributed by atoms with Crippen molar-refractivity contribution in [2.45, 2.75) is 69.7 Å². The van der Waals surface area contributed by atoms with E-state index in [2.05, 4.69) is 27.7 Å². The molecular formula is C18H23IN4O3. The maximum Gasteiger partial charge on any atom is 0.411 e. The average molecular weight is 470 g/mol. The maximum absolute atomic E-state index is 12.7. The Morgan fingerprint density at radius 1 is 1.35 bits per heavy atom. The number of ether oxygens (including phenoxy) is 1. The third-order valence-corrected chi connectivity index (χ3v) is 5.91. The Bertz CT molecular complexity index is 865. The van der Waals surface area contributed by atoms with Gasteiger partial charge in [-0.1, -0.05) is 27.7 Å². The quantitative estimate of drug-likeness (QED) is 0.332. The summed E-state index contributed by atoms with van der Waals surface area (Å²) in [6.45, 7) is 8.96. The first-order valence-electron chi connectivity index (χ1n) is 8.92. The number of nitrogens with zero attached hydrogens (tertiary/aromatic N) is 4. The summed E-state index contributed by atoms with van der Waals surface area (Å²) >= 11 is 2.30. The fourth-order valence-corrected chi connectivity index (χ4v) is 4.46. The number of hydrogen-bond acceptors (Lipinski definition) is 5. The molecule has 2 aromatic heterocycles. The van der Waals surface area contributed by atoms with Crippen LogP contribution in [-0.2, 0) is 30.7 Å². The van der Waals surface area contributed by atoms with E-state index in [4.69, 9.17) is 14.4 Å². The molecule has 0 aromatic carbocycles. The first-order valence-corrected chi connectivity index (χ1v) is 10.2. The van der Waals surface area contributed by atoms with Crippen molar-refractivity contribution in [1.82, 2.24) is 19.8 Å². The lowest BCUT2D eigenvalue weighted by Crippen LogP contribution is -2.43. The second-order valence-electron chi connectivity index (χ2n) is 7.91. The van der Waals surface area contributed by atoms with Gasteiger partial charge in [-0.05, 0) is 40.5 Å². The molecule has 140 valence electrons. The molecule has 4 heterocycles. The summed E-state index contributed by atoms with van der Waals surface area (Å²) in [5.41, 5.74) is 4.64. The Morgan fingerprint density at radius 2 is 2.12 bits per heavy atom. The van der Waals surface area contributed by atoms with Crippen LogP contribution < -0.4 is 0 Å². The van der Waals surface area contributed by atoms with Gasteiger partial charge in [-0.25, -0.2) is 4.79 Å². The molecular weight excluding hydrogens is 447 g/mol. The van der Waals surface area contributed by atoms with E-state index in [9.17, 15) is 4.79 Å². The number of aromatic nitrogens is 3. The second kappa shape index (κ2) is 6.24. The lowest BCUT2D eigenvalue weighted by atomic mass is 10.0. The molecule has 0 radical (unpaired) electrons. The highest BCUT2D eigenvalue weighted by atomic mass is 127. The zero-order chi connectivity index (χ0) is 18.6. The number of alkyl halides is 1. The predicted molar refractivity (Wildman–Crippen MR) is 104 cm³/mol. The standard InChI is InChI=1S/C18H23IN4O3/c1-10-11-6-5-7-23-16(15(11)21-26-10)12-9-22(14(19)8-13(12)20-23)17(24)25-18(2,3)4/h14H,5-9H2,1-4H3/t14-/m0/s1. The molecule has 0 bridgehead atoms. The van der Waals surface area contributed by atoms with Crippen molar-refractivity contribution in [3.05, 3.63) is 22.6 Å². The van der Waals surface area contributed by atoms with Crippen molar-refractivity contribution in [3.8, 4) is 11.4 Å². The van der Waals surface area contributed by atoms with Gasteiger partial charge >= 0.3 is 6.09 Å². The number of halogens is 1. The Hall–Kier alpha value is -1.58. The van der Waals surface area contributed by atoms with Crippen molar-refractivity contribution in [2.75, 3.05) is 0 Å². The Morgan fingerprint density at radius 3 is 2.85 bits per heavy atom. The lowest BCUT2D eigenvalue weighted by molar-refractivity contribution is 0.0209. The number of rotatable bonds is 0. The van der Waals surface area contributed by atoms with Gasteiger partial charge < -0.3 is 9.26 Å². The molecule has 0 saturated carbocycles. The molecule has 0 N–H and O–H groups in total. The molecule has 1 amide bonds. The molecule has 0 fully saturated rings. The summed E-state index contributed by atoms with van der Waals surface area (Å²) in [5.74, 6) is 0.870. The third kappa shape index (κ3) is 3.01. The van der Waals surface area contributed by atoms with Crippen molar-refractivity contribution in [3.63, 3.8) is 0 Å². The molecule has 4 rings (SSSR count). The molecule has 2 aromatic rings. The van der Waals surface area contributed by atoms with Crippen LogP contribution in [0.2, 0.25) is 0 Å². The van der Waals surface area contributed by atoms with E-state index in [1.165, 1.54) is 0 Å². The average Bonchev–Trinajstić information content (AvgIpc) is 2.99. The van der Waals surface area contributed by atoms with E-state index < -0.39 is 5.60 Å². The van der Waals surface area contributed by atoms with Crippen LogP contribution in [-0.4, -0.2) is 35.6 Å². The Balaban J connectivity index is 1.74. The van der Waals surface area contributed by atoms with Gasteiger partial charge in [0.25, 0.3) is 0 Å². The number of carbonyl (C=O) groups is 1. The predicted octanol–water partition coefficient (Wildman–Crippen LogP) is 3.85. The van der Waals surface area contributed by atoms with E-state index in [-0.39, 0.29) is 10.1 Å². The van der Waals surface area contributed by atoms with Crippen LogP contribution in [0.1, 0.15) is 49.8 Å². The van der Waals surface area contributed by atoms with Crippen LogP contribution in [0.15, 0.2) is 4.52 Å². The first-order chi connectivity index (χ1) is 12.2. The summed E-state index contributed by atoms with van der Waals surface area (Å²) in [6.07, 6.45) is 2.37. The molecule has 0 unspecified atom stereocenters. The molecule has 0 saturated heterocycles. The monoisotopic (exact) mass is 470 g/mol. The molecule has 0 spiro atoms. The Kier molecular flexibility index (Phi) is 4.28. The number of fused-ring (bicyclic) bond motifs is 5. The summed E-state index contributed by atoms with van der Waals surface area (Å²) in [7, 11) is 0. The molecule has 1 atom stereocenters. The highest BCUT2D eigenvalue weighted by molar-refractivity contribution is 14.1. The third-order valence-electron chi connectivity index (χ3n) is 4.80. The first kappa shape index (κ1) is 17.8. The van der Waals surface area contributed by atoms with Gasteiger partial charge in [-0.3, -0.25) is 9.58 Å². The largest absolute Gasteiger partial charge is 0.444 e. The fraction of sp³-hybridized carbons (Fsp3) is 0.611. The molecule has 8 heteroatoms. The van der Waals surface area contributed by atoms with E-state index >= 15 is 0 Å². The number of amides is 1. The van der Waals surface area contributed by atoms with E-state index in [1.54, 1.807) is 4.90 Å². The molecule has 2 aliphatic rings. The summed E-state index contributed by atoms with van der Waals surface area (Å²) in [4.78, 5) is 14.5. The van der Waals surface area contributed by atoms with Gasteiger partial charge in [0, 0.05) is 24.1 Å². The van der Waals surface area contributed by atoms with Crippen molar-refractivity contribution < 1.29 is 14.1 Å². The lowest BCUT2D eigenvalue weighted by Gasteiger charge is -2.33. The van der Waals surface area contributed by atoms with Gasteiger partial charge in [-0.15, -0.1) is 0 Å². The number of carbonyl (C=O) groups excluding carboxylic acids is 1. The zero-order valence-electron chi connectivity index (χ0n) is 15.5. The summed E-state index contributed by atoms with van der Waals surface area (Å²) in [6, 6.07) is 0. The van der Waals surface area contributed by atoms with Crippen LogP contribution in [0.3, 0.4) is 0 Å². The molecule has 2 aliphatic heterocycles. The topological polar surface area (TPSA) is 73.4 Å². The number of aryl methyl sites for hydroxylation is 2. The molecule has 26 heavy (non-hydrogen) atoms. The van der Waals surface area contributed by atoms with Gasteiger partial charge in [0.15, 0.2) is 0 Å².